The lowest BCUT2D eigenvalue weighted by molar-refractivity contribution is -0.162. The van der Waals surface area contributed by atoms with E-state index in [0.717, 1.165) is 6.92 Å². The van der Waals surface area contributed by atoms with Gasteiger partial charge in [0.2, 0.25) is 5.82 Å². The standard InChI is InChI=1S/C12H11F6NO/c1-11(3-2-4-19-11)12(18,20)5-6(13)8(15)10(17)9(16)7(5)14/h19-20H,2-4H2,1H3/t11-,12-/m1/s1. The molecule has 0 aromatic heterocycles. The molecule has 0 unspecified atom stereocenters. The fraction of sp³-hybridized carbons (Fsp3) is 0.500. The average molecular weight is 299 g/mol. The Bertz CT molecular complexity index is 524. The van der Waals surface area contributed by atoms with Gasteiger partial charge in [-0.25, -0.2) is 26.3 Å². The van der Waals surface area contributed by atoms with E-state index in [0.29, 0.717) is 6.42 Å². The van der Waals surface area contributed by atoms with Crippen LogP contribution < -0.4 is 5.32 Å². The summed E-state index contributed by atoms with van der Waals surface area (Å²) >= 11 is 0. The SMILES string of the molecule is C[C@]1([C@@](O)(F)c2c(F)c(F)c(F)c(F)c2F)CCCN1. The van der Waals surface area contributed by atoms with E-state index in [4.69, 9.17) is 0 Å². The molecule has 8 heteroatoms. The number of aliphatic hydroxyl groups is 1. The van der Waals surface area contributed by atoms with E-state index < -0.39 is 46.0 Å². The Labute approximate surface area is 110 Å². The van der Waals surface area contributed by atoms with Gasteiger partial charge in [-0.3, -0.25) is 0 Å². The lowest BCUT2D eigenvalue weighted by Gasteiger charge is -2.36. The minimum Gasteiger partial charge on any atom is -0.357 e. The van der Waals surface area contributed by atoms with Crippen LogP contribution in [0.2, 0.25) is 0 Å². The third kappa shape index (κ3) is 1.89. The topological polar surface area (TPSA) is 32.3 Å². The monoisotopic (exact) mass is 299 g/mol. The highest BCUT2D eigenvalue weighted by molar-refractivity contribution is 5.31. The molecule has 0 radical (unpaired) electrons. The summed E-state index contributed by atoms with van der Waals surface area (Å²) in [5.41, 5.74) is -3.71. The van der Waals surface area contributed by atoms with Gasteiger partial charge in [0.1, 0.15) is 0 Å². The van der Waals surface area contributed by atoms with Crippen LogP contribution in [0.3, 0.4) is 0 Å². The molecule has 112 valence electrons. The summed E-state index contributed by atoms with van der Waals surface area (Å²) in [4.78, 5) is 0. The molecular weight excluding hydrogens is 288 g/mol. The number of alkyl halides is 1. The molecule has 0 spiro atoms. The van der Waals surface area contributed by atoms with Crippen molar-refractivity contribution in [3.63, 3.8) is 0 Å². The minimum atomic E-state index is -3.74. The highest BCUT2D eigenvalue weighted by Crippen LogP contribution is 2.43. The fourth-order valence-electron chi connectivity index (χ4n) is 2.35. The van der Waals surface area contributed by atoms with Crippen LogP contribution >= 0.6 is 0 Å². The molecule has 1 heterocycles. The van der Waals surface area contributed by atoms with Crippen LogP contribution in [0.25, 0.3) is 0 Å². The molecule has 20 heavy (non-hydrogen) atoms. The largest absolute Gasteiger partial charge is 0.357 e. The van der Waals surface area contributed by atoms with E-state index in [9.17, 15) is 31.4 Å². The molecule has 1 aromatic carbocycles. The normalized spacial score (nSPS) is 25.8. The van der Waals surface area contributed by atoms with E-state index in [-0.39, 0.29) is 13.0 Å². The van der Waals surface area contributed by atoms with E-state index in [1.807, 2.05) is 0 Å². The van der Waals surface area contributed by atoms with E-state index in [2.05, 4.69) is 5.32 Å². The number of nitrogens with one attached hydrogen (secondary N) is 1. The fourth-order valence-corrected chi connectivity index (χ4v) is 2.35. The first-order valence-corrected chi connectivity index (χ1v) is 5.81. The van der Waals surface area contributed by atoms with Crippen molar-refractivity contribution in [2.75, 3.05) is 6.54 Å². The molecule has 2 N–H and O–H groups in total. The van der Waals surface area contributed by atoms with E-state index in [1.54, 1.807) is 0 Å². The number of rotatable bonds is 2. The maximum Gasteiger partial charge on any atom is 0.257 e. The molecule has 1 aliphatic heterocycles. The smallest absolute Gasteiger partial charge is 0.257 e. The third-order valence-corrected chi connectivity index (χ3v) is 3.64. The lowest BCUT2D eigenvalue weighted by atomic mass is 9.85. The molecule has 1 aromatic rings. The molecule has 1 aliphatic rings. The predicted octanol–water partition coefficient (Wildman–Crippen LogP) is 2.64. The third-order valence-electron chi connectivity index (χ3n) is 3.64. The van der Waals surface area contributed by atoms with Gasteiger partial charge in [-0.05, 0) is 26.3 Å². The molecule has 0 aliphatic carbocycles. The molecule has 0 amide bonds. The molecular formula is C12H11F6NO. The predicted molar refractivity (Wildman–Crippen MR) is 56.9 cm³/mol. The molecule has 0 bridgehead atoms. The Balaban J connectivity index is 2.69. The van der Waals surface area contributed by atoms with Gasteiger partial charge in [0.25, 0.3) is 5.85 Å². The highest BCUT2D eigenvalue weighted by Gasteiger charge is 2.54. The van der Waals surface area contributed by atoms with Gasteiger partial charge in [0.05, 0.1) is 11.1 Å². The van der Waals surface area contributed by atoms with E-state index >= 15 is 0 Å². The summed E-state index contributed by atoms with van der Waals surface area (Å²) in [6, 6.07) is 0. The van der Waals surface area contributed by atoms with Gasteiger partial charge in [0.15, 0.2) is 23.3 Å². The van der Waals surface area contributed by atoms with Crippen LogP contribution in [0, 0.1) is 29.1 Å². The second-order valence-electron chi connectivity index (χ2n) is 4.93. The van der Waals surface area contributed by atoms with Gasteiger partial charge in [-0.15, -0.1) is 0 Å². The first-order valence-electron chi connectivity index (χ1n) is 5.81. The van der Waals surface area contributed by atoms with Crippen LogP contribution in [0.15, 0.2) is 0 Å². The van der Waals surface area contributed by atoms with Gasteiger partial charge >= 0.3 is 0 Å². The van der Waals surface area contributed by atoms with Crippen molar-refractivity contribution in [2.45, 2.75) is 31.2 Å². The first-order chi connectivity index (χ1) is 9.13. The summed E-state index contributed by atoms with van der Waals surface area (Å²) in [6.45, 7) is 1.36. The zero-order valence-corrected chi connectivity index (χ0v) is 10.3. The van der Waals surface area contributed by atoms with Crippen molar-refractivity contribution in [1.29, 1.82) is 0 Å². The van der Waals surface area contributed by atoms with Crippen molar-refractivity contribution < 1.29 is 31.4 Å². The number of hydrogen-bond donors (Lipinski definition) is 2. The second kappa shape index (κ2) is 4.63. The molecule has 2 rings (SSSR count). The minimum absolute atomic E-state index is 0.0283. The van der Waals surface area contributed by atoms with Crippen molar-refractivity contribution in [3.05, 3.63) is 34.6 Å². The summed E-state index contributed by atoms with van der Waals surface area (Å²) in [7, 11) is 0. The Morgan fingerprint density at radius 1 is 1.00 bits per heavy atom. The maximum absolute atomic E-state index is 14.5. The zero-order valence-electron chi connectivity index (χ0n) is 10.3. The van der Waals surface area contributed by atoms with Crippen molar-refractivity contribution >= 4 is 0 Å². The zero-order chi connectivity index (χ0) is 15.3. The van der Waals surface area contributed by atoms with Gasteiger partial charge in [-0.1, -0.05) is 0 Å². The van der Waals surface area contributed by atoms with Crippen LogP contribution in [0.5, 0.6) is 0 Å². The first kappa shape index (κ1) is 15.1. The van der Waals surface area contributed by atoms with Crippen molar-refractivity contribution in [3.8, 4) is 0 Å². The molecule has 2 atom stereocenters. The number of hydrogen-bond acceptors (Lipinski definition) is 2. The Hall–Kier alpha value is -1.28. The van der Waals surface area contributed by atoms with Crippen molar-refractivity contribution in [1.82, 2.24) is 5.32 Å². The maximum atomic E-state index is 14.5. The summed E-state index contributed by atoms with van der Waals surface area (Å²) in [5.74, 6) is -15.5. The van der Waals surface area contributed by atoms with Crippen LogP contribution in [0.4, 0.5) is 26.3 Å². The quantitative estimate of drug-likeness (QED) is 0.500. The van der Waals surface area contributed by atoms with Gasteiger partial charge < -0.3 is 10.4 Å². The second-order valence-corrected chi connectivity index (χ2v) is 4.93. The van der Waals surface area contributed by atoms with Crippen LogP contribution in [0.1, 0.15) is 25.3 Å². The Kier molecular flexibility index (Phi) is 3.50. The number of halogens is 6. The summed E-state index contributed by atoms with van der Waals surface area (Å²) in [6.07, 6.45) is 0.359. The Morgan fingerprint density at radius 3 is 1.85 bits per heavy atom. The van der Waals surface area contributed by atoms with Crippen LogP contribution in [-0.2, 0) is 5.85 Å². The molecule has 1 fully saturated rings. The summed E-state index contributed by atoms with van der Waals surface area (Å²) < 4.78 is 80.7. The van der Waals surface area contributed by atoms with Gasteiger partial charge in [0, 0.05) is 0 Å². The lowest BCUT2D eigenvalue weighted by Crippen LogP contribution is -2.54. The van der Waals surface area contributed by atoms with Gasteiger partial charge in [-0.2, -0.15) is 0 Å². The molecule has 2 nitrogen and oxygen atoms in total. The summed E-state index contributed by atoms with van der Waals surface area (Å²) in [5, 5.41) is 12.3. The van der Waals surface area contributed by atoms with Crippen molar-refractivity contribution in [2.24, 2.45) is 0 Å². The Morgan fingerprint density at radius 2 is 1.45 bits per heavy atom. The van der Waals surface area contributed by atoms with E-state index in [1.165, 1.54) is 0 Å². The number of benzene rings is 1. The van der Waals surface area contributed by atoms with Crippen LogP contribution in [-0.4, -0.2) is 17.2 Å². The average Bonchev–Trinajstić information content (AvgIpc) is 2.83. The molecule has 1 saturated heterocycles. The highest BCUT2D eigenvalue weighted by atomic mass is 19.2. The molecule has 0 saturated carbocycles.